The Kier molecular flexibility index (Phi) is 3.62. The van der Waals surface area contributed by atoms with Gasteiger partial charge in [0.05, 0.1) is 5.02 Å². The third-order valence-electron chi connectivity index (χ3n) is 2.94. The maximum absolute atomic E-state index is 13.6. The summed E-state index contributed by atoms with van der Waals surface area (Å²) < 4.78 is 13.6. The minimum atomic E-state index is -0.337. The van der Waals surface area contributed by atoms with Gasteiger partial charge >= 0.3 is 0 Å². The molecule has 0 amide bonds. The number of hydrogen-bond donors (Lipinski definition) is 1. The molecule has 1 atom stereocenters. The molecule has 0 spiro atoms. The van der Waals surface area contributed by atoms with Crippen molar-refractivity contribution in [2.75, 3.05) is 0 Å². The SMILES string of the molecule is NC1CCC/C(=C/c2cccc(Cl)c2F)C1. The van der Waals surface area contributed by atoms with E-state index in [0.717, 1.165) is 25.7 Å². The molecule has 0 saturated heterocycles. The van der Waals surface area contributed by atoms with Crippen molar-refractivity contribution in [3.63, 3.8) is 0 Å². The highest BCUT2D eigenvalue weighted by molar-refractivity contribution is 6.30. The number of halogens is 2. The maximum atomic E-state index is 13.6. The van der Waals surface area contributed by atoms with Crippen LogP contribution in [0.5, 0.6) is 0 Å². The van der Waals surface area contributed by atoms with Gasteiger partial charge < -0.3 is 5.73 Å². The molecule has 0 heterocycles. The lowest BCUT2D eigenvalue weighted by atomic mass is 9.90. The van der Waals surface area contributed by atoms with Gasteiger partial charge in [-0.15, -0.1) is 0 Å². The van der Waals surface area contributed by atoms with Crippen LogP contribution >= 0.6 is 11.6 Å². The summed E-state index contributed by atoms with van der Waals surface area (Å²) in [5.74, 6) is -0.337. The summed E-state index contributed by atoms with van der Waals surface area (Å²) in [6.07, 6.45) is 5.93. The standard InChI is InChI=1S/C13H15ClFN/c14-12-6-2-4-10(13(12)15)7-9-3-1-5-11(16)8-9/h2,4,6-7,11H,1,3,5,8,16H2/b9-7-. The second-order valence-corrected chi connectivity index (χ2v) is 4.71. The van der Waals surface area contributed by atoms with Crippen LogP contribution in [0.1, 0.15) is 31.2 Å². The molecule has 0 aliphatic heterocycles. The van der Waals surface area contributed by atoms with E-state index in [4.69, 9.17) is 17.3 Å². The molecule has 0 aromatic heterocycles. The normalized spacial score (nSPS) is 23.7. The summed E-state index contributed by atoms with van der Waals surface area (Å²) in [6, 6.07) is 5.29. The second kappa shape index (κ2) is 4.98. The fourth-order valence-corrected chi connectivity index (χ4v) is 2.30. The van der Waals surface area contributed by atoms with Crippen molar-refractivity contribution >= 4 is 17.7 Å². The molecule has 2 N–H and O–H groups in total. The predicted molar refractivity (Wildman–Crippen MR) is 65.8 cm³/mol. The molecule has 1 aliphatic carbocycles. The Morgan fingerprint density at radius 2 is 2.25 bits per heavy atom. The molecule has 0 radical (unpaired) electrons. The van der Waals surface area contributed by atoms with Crippen molar-refractivity contribution in [3.05, 3.63) is 40.2 Å². The van der Waals surface area contributed by atoms with E-state index in [1.165, 1.54) is 5.57 Å². The summed E-state index contributed by atoms with van der Waals surface area (Å²) in [5.41, 5.74) is 7.67. The molecule has 1 saturated carbocycles. The van der Waals surface area contributed by atoms with Gasteiger partial charge in [-0.3, -0.25) is 0 Å². The molecule has 1 unspecified atom stereocenters. The van der Waals surface area contributed by atoms with Gasteiger partial charge in [-0.05, 0) is 31.7 Å². The Morgan fingerprint density at radius 1 is 1.44 bits per heavy atom. The first-order valence-corrected chi connectivity index (χ1v) is 5.93. The zero-order valence-corrected chi connectivity index (χ0v) is 9.80. The fraction of sp³-hybridized carbons (Fsp3) is 0.385. The van der Waals surface area contributed by atoms with Crippen molar-refractivity contribution in [3.8, 4) is 0 Å². The smallest absolute Gasteiger partial charge is 0.148 e. The van der Waals surface area contributed by atoms with Crippen molar-refractivity contribution < 1.29 is 4.39 Å². The summed E-state index contributed by atoms with van der Waals surface area (Å²) in [4.78, 5) is 0. The average molecular weight is 240 g/mol. The van der Waals surface area contributed by atoms with Gasteiger partial charge in [0.15, 0.2) is 0 Å². The highest BCUT2D eigenvalue weighted by Gasteiger charge is 2.13. The lowest BCUT2D eigenvalue weighted by Gasteiger charge is -2.20. The number of hydrogen-bond acceptors (Lipinski definition) is 1. The van der Waals surface area contributed by atoms with Crippen LogP contribution < -0.4 is 5.73 Å². The summed E-state index contributed by atoms with van der Waals surface area (Å²) in [5, 5.41) is 0.175. The van der Waals surface area contributed by atoms with E-state index >= 15 is 0 Å². The fourth-order valence-electron chi connectivity index (χ4n) is 2.12. The number of rotatable bonds is 1. The van der Waals surface area contributed by atoms with E-state index in [2.05, 4.69) is 0 Å². The van der Waals surface area contributed by atoms with Gasteiger partial charge in [-0.2, -0.15) is 0 Å². The molecule has 1 aliphatic rings. The van der Waals surface area contributed by atoms with Crippen molar-refractivity contribution in [1.82, 2.24) is 0 Å². The Balaban J connectivity index is 2.24. The molecular weight excluding hydrogens is 225 g/mol. The van der Waals surface area contributed by atoms with E-state index in [-0.39, 0.29) is 16.9 Å². The van der Waals surface area contributed by atoms with Crippen LogP contribution in [0.3, 0.4) is 0 Å². The van der Waals surface area contributed by atoms with Crippen LogP contribution in [0.15, 0.2) is 23.8 Å². The minimum absolute atomic E-state index is 0.175. The zero-order valence-electron chi connectivity index (χ0n) is 9.05. The van der Waals surface area contributed by atoms with Crippen LogP contribution in [0.2, 0.25) is 5.02 Å². The monoisotopic (exact) mass is 239 g/mol. The summed E-state index contributed by atoms with van der Waals surface area (Å²) in [6.45, 7) is 0. The molecule has 0 bridgehead atoms. The van der Waals surface area contributed by atoms with Gasteiger partial charge in [0.2, 0.25) is 0 Å². The first kappa shape index (κ1) is 11.6. The average Bonchev–Trinajstić information content (AvgIpc) is 2.25. The van der Waals surface area contributed by atoms with E-state index in [0.29, 0.717) is 5.56 Å². The molecule has 1 fully saturated rings. The van der Waals surface area contributed by atoms with Crippen molar-refractivity contribution in [1.29, 1.82) is 0 Å². The van der Waals surface area contributed by atoms with Crippen molar-refractivity contribution in [2.45, 2.75) is 31.7 Å². The zero-order chi connectivity index (χ0) is 11.5. The Bertz CT molecular complexity index is 414. The van der Waals surface area contributed by atoms with Crippen LogP contribution in [0.4, 0.5) is 4.39 Å². The molecule has 1 aromatic carbocycles. The van der Waals surface area contributed by atoms with E-state index in [9.17, 15) is 4.39 Å². The number of benzene rings is 1. The molecule has 1 aromatic rings. The van der Waals surface area contributed by atoms with Gasteiger partial charge in [0, 0.05) is 11.6 Å². The molecule has 2 rings (SSSR count). The summed E-state index contributed by atoms with van der Waals surface area (Å²) in [7, 11) is 0. The summed E-state index contributed by atoms with van der Waals surface area (Å²) >= 11 is 5.73. The van der Waals surface area contributed by atoms with E-state index in [1.807, 2.05) is 6.08 Å². The Labute approximate surface area is 100 Å². The third-order valence-corrected chi connectivity index (χ3v) is 3.23. The topological polar surface area (TPSA) is 26.0 Å². The minimum Gasteiger partial charge on any atom is -0.327 e. The number of nitrogens with two attached hydrogens (primary N) is 1. The van der Waals surface area contributed by atoms with E-state index < -0.39 is 0 Å². The highest BCUT2D eigenvalue weighted by atomic mass is 35.5. The highest BCUT2D eigenvalue weighted by Crippen LogP contribution is 2.26. The maximum Gasteiger partial charge on any atom is 0.148 e. The van der Waals surface area contributed by atoms with Crippen LogP contribution in [0, 0.1) is 5.82 Å². The Morgan fingerprint density at radius 3 is 3.00 bits per heavy atom. The first-order valence-electron chi connectivity index (χ1n) is 5.56. The van der Waals surface area contributed by atoms with Crippen LogP contribution in [-0.4, -0.2) is 6.04 Å². The van der Waals surface area contributed by atoms with Gasteiger partial charge in [0.25, 0.3) is 0 Å². The van der Waals surface area contributed by atoms with Crippen LogP contribution in [-0.2, 0) is 0 Å². The third kappa shape index (κ3) is 2.63. The van der Waals surface area contributed by atoms with Crippen LogP contribution in [0.25, 0.3) is 6.08 Å². The lowest BCUT2D eigenvalue weighted by Crippen LogP contribution is -2.23. The lowest BCUT2D eigenvalue weighted by molar-refractivity contribution is 0.520. The molecule has 86 valence electrons. The van der Waals surface area contributed by atoms with Gasteiger partial charge in [0.1, 0.15) is 5.82 Å². The predicted octanol–water partition coefficient (Wildman–Crippen LogP) is 3.76. The van der Waals surface area contributed by atoms with Crippen molar-refractivity contribution in [2.24, 2.45) is 5.73 Å². The molecule has 3 heteroatoms. The molecule has 16 heavy (non-hydrogen) atoms. The second-order valence-electron chi connectivity index (χ2n) is 4.30. The Hall–Kier alpha value is -0.860. The largest absolute Gasteiger partial charge is 0.327 e. The first-order chi connectivity index (χ1) is 7.66. The van der Waals surface area contributed by atoms with E-state index in [1.54, 1.807) is 18.2 Å². The molecule has 1 nitrogen and oxygen atoms in total. The quantitative estimate of drug-likeness (QED) is 0.793. The van der Waals surface area contributed by atoms with Gasteiger partial charge in [-0.1, -0.05) is 35.4 Å². The van der Waals surface area contributed by atoms with Gasteiger partial charge in [-0.25, -0.2) is 4.39 Å². The molecular formula is C13H15ClFN.